The molecule has 0 fully saturated rings. The lowest BCUT2D eigenvalue weighted by Gasteiger charge is -2.29. The lowest BCUT2D eigenvalue weighted by molar-refractivity contribution is -0.113. The third kappa shape index (κ3) is 4.90. The number of carbonyl (C=O) groups excluding carboxylic acids is 1. The molecule has 1 atom stereocenters. The molecule has 38 heavy (non-hydrogen) atoms. The normalized spacial score (nSPS) is 14.4. The Hall–Kier alpha value is -4.79. The van der Waals surface area contributed by atoms with Crippen LogP contribution in [-0.2, 0) is 11.4 Å². The number of ether oxygens (including phenoxy) is 3. The van der Waals surface area contributed by atoms with E-state index in [0.717, 1.165) is 11.1 Å². The zero-order valence-electron chi connectivity index (χ0n) is 21.7. The van der Waals surface area contributed by atoms with Gasteiger partial charge in [0.1, 0.15) is 24.7 Å². The molecule has 194 valence electrons. The Labute approximate surface area is 221 Å². The van der Waals surface area contributed by atoms with Gasteiger partial charge in [-0.1, -0.05) is 48.0 Å². The maximum atomic E-state index is 13.7. The van der Waals surface area contributed by atoms with Gasteiger partial charge in [-0.3, -0.25) is 4.79 Å². The maximum absolute atomic E-state index is 13.7. The number of fused-ring (bicyclic) bond motifs is 1. The molecular formula is C29H29N5O4. The molecule has 0 aliphatic carbocycles. The van der Waals surface area contributed by atoms with Gasteiger partial charge in [0.15, 0.2) is 11.5 Å². The number of carbonyl (C=O) groups is 1. The van der Waals surface area contributed by atoms with E-state index in [9.17, 15) is 4.79 Å². The van der Waals surface area contributed by atoms with Gasteiger partial charge in [-0.2, -0.15) is 10.1 Å². The summed E-state index contributed by atoms with van der Waals surface area (Å²) in [4.78, 5) is 18.0. The van der Waals surface area contributed by atoms with Crippen molar-refractivity contribution in [2.24, 2.45) is 0 Å². The van der Waals surface area contributed by atoms with Crippen molar-refractivity contribution in [2.75, 3.05) is 24.9 Å². The first-order chi connectivity index (χ1) is 18.5. The minimum absolute atomic E-state index is 0.288. The van der Waals surface area contributed by atoms with E-state index >= 15 is 0 Å². The predicted octanol–water partition coefficient (Wildman–Crippen LogP) is 5.11. The highest BCUT2D eigenvalue weighted by atomic mass is 16.5. The van der Waals surface area contributed by atoms with Crippen LogP contribution in [0, 0.1) is 6.92 Å². The number of aromatic nitrogens is 3. The Bertz CT molecular complexity index is 1510. The summed E-state index contributed by atoms with van der Waals surface area (Å²) >= 11 is 0. The number of amides is 1. The molecule has 0 saturated heterocycles. The van der Waals surface area contributed by atoms with E-state index in [2.05, 4.69) is 26.8 Å². The average molecular weight is 512 g/mol. The Balaban J connectivity index is 1.48. The molecule has 4 aromatic rings. The van der Waals surface area contributed by atoms with Crippen LogP contribution in [0.15, 0.2) is 84.3 Å². The van der Waals surface area contributed by atoms with Crippen LogP contribution in [0.3, 0.4) is 0 Å². The number of rotatable bonds is 8. The second kappa shape index (κ2) is 10.7. The monoisotopic (exact) mass is 511 g/mol. The van der Waals surface area contributed by atoms with E-state index in [0.29, 0.717) is 46.8 Å². The summed E-state index contributed by atoms with van der Waals surface area (Å²) in [5, 5.41) is 10.6. The van der Waals surface area contributed by atoms with Crippen molar-refractivity contribution in [1.82, 2.24) is 14.8 Å². The van der Waals surface area contributed by atoms with Gasteiger partial charge >= 0.3 is 0 Å². The highest BCUT2D eigenvalue weighted by Crippen LogP contribution is 2.39. The molecule has 2 heterocycles. The second-order valence-electron chi connectivity index (χ2n) is 8.94. The van der Waals surface area contributed by atoms with Crippen molar-refractivity contribution >= 4 is 17.5 Å². The molecule has 0 saturated carbocycles. The number of aryl methyl sites for hydroxylation is 1. The van der Waals surface area contributed by atoms with Crippen molar-refractivity contribution < 1.29 is 19.0 Å². The summed E-state index contributed by atoms with van der Waals surface area (Å²) < 4.78 is 18.9. The SMILES string of the molecule is COc1ccccc1NC(=O)C1=C(C)Nc2ncnn2[C@@H]1c1ccc(OCc2cccc(C)c2)c(OC)c1. The fourth-order valence-electron chi connectivity index (χ4n) is 4.57. The lowest BCUT2D eigenvalue weighted by Crippen LogP contribution is -2.31. The molecule has 9 heteroatoms. The topological polar surface area (TPSA) is 99.5 Å². The molecule has 5 rings (SSSR count). The Kier molecular flexibility index (Phi) is 6.99. The van der Waals surface area contributed by atoms with Crippen LogP contribution < -0.4 is 24.8 Å². The lowest BCUT2D eigenvalue weighted by atomic mass is 9.94. The fraction of sp³-hybridized carbons (Fsp3) is 0.207. The van der Waals surface area contributed by atoms with Crippen molar-refractivity contribution in [3.05, 3.63) is 101 Å². The van der Waals surface area contributed by atoms with Gasteiger partial charge in [0, 0.05) is 5.70 Å². The summed E-state index contributed by atoms with van der Waals surface area (Å²) in [7, 11) is 3.16. The number of methoxy groups -OCH3 is 2. The minimum Gasteiger partial charge on any atom is -0.495 e. The number of allylic oxidation sites excluding steroid dienone is 1. The third-order valence-electron chi connectivity index (χ3n) is 6.37. The van der Waals surface area contributed by atoms with Crippen LogP contribution >= 0.6 is 0 Å². The molecule has 0 spiro atoms. The number of nitrogens with one attached hydrogen (secondary N) is 2. The zero-order chi connectivity index (χ0) is 26.6. The Morgan fingerprint density at radius 3 is 2.58 bits per heavy atom. The summed E-state index contributed by atoms with van der Waals surface area (Å²) in [6.07, 6.45) is 1.46. The molecule has 1 aliphatic rings. The first kappa shape index (κ1) is 24.9. The number of benzene rings is 3. The van der Waals surface area contributed by atoms with Crippen LogP contribution in [0.1, 0.15) is 29.7 Å². The van der Waals surface area contributed by atoms with E-state index in [1.54, 1.807) is 31.0 Å². The molecule has 1 amide bonds. The number of anilines is 2. The number of hydrogen-bond donors (Lipinski definition) is 2. The third-order valence-corrected chi connectivity index (χ3v) is 6.37. The van der Waals surface area contributed by atoms with Crippen molar-refractivity contribution in [3.8, 4) is 17.2 Å². The first-order valence-corrected chi connectivity index (χ1v) is 12.2. The smallest absolute Gasteiger partial charge is 0.255 e. The number of nitrogens with zero attached hydrogens (tertiary/aromatic N) is 3. The molecule has 2 N–H and O–H groups in total. The molecule has 1 aromatic heterocycles. The van der Waals surface area contributed by atoms with E-state index in [4.69, 9.17) is 14.2 Å². The van der Waals surface area contributed by atoms with Crippen LogP contribution in [0.4, 0.5) is 11.6 Å². The number of hydrogen-bond acceptors (Lipinski definition) is 7. The standard InChI is InChI=1S/C29H29N5O4/c1-18-8-7-9-20(14-18)16-38-24-13-12-21(15-25(24)37-4)27-26(19(2)32-29-30-17-31-34(27)29)28(35)33-22-10-5-6-11-23(22)36-3/h5-15,17,27H,16H2,1-4H3,(H,33,35)(H,30,31,32)/t27-/m1/s1. The highest BCUT2D eigenvalue weighted by molar-refractivity contribution is 6.06. The van der Waals surface area contributed by atoms with Gasteiger partial charge in [0.05, 0.1) is 25.5 Å². The molecule has 3 aromatic carbocycles. The average Bonchev–Trinajstić information content (AvgIpc) is 3.39. The van der Waals surface area contributed by atoms with Crippen molar-refractivity contribution in [2.45, 2.75) is 26.5 Å². The van der Waals surface area contributed by atoms with Gasteiger partial charge < -0.3 is 24.8 Å². The maximum Gasteiger partial charge on any atom is 0.255 e. The summed E-state index contributed by atoms with van der Waals surface area (Å²) in [6, 6.07) is 20.5. The predicted molar refractivity (Wildman–Crippen MR) is 145 cm³/mol. The van der Waals surface area contributed by atoms with Gasteiger partial charge in [-0.15, -0.1) is 0 Å². The van der Waals surface area contributed by atoms with Gasteiger partial charge in [-0.25, -0.2) is 4.68 Å². The van der Waals surface area contributed by atoms with Crippen molar-refractivity contribution in [1.29, 1.82) is 0 Å². The number of para-hydroxylation sites is 2. The molecule has 1 aliphatic heterocycles. The van der Waals surface area contributed by atoms with E-state index in [1.807, 2.05) is 62.4 Å². The Morgan fingerprint density at radius 1 is 0.974 bits per heavy atom. The van der Waals surface area contributed by atoms with Crippen LogP contribution in [0.5, 0.6) is 17.2 Å². The molecule has 0 unspecified atom stereocenters. The van der Waals surface area contributed by atoms with Gasteiger partial charge in [0.2, 0.25) is 5.95 Å². The summed E-state index contributed by atoms with van der Waals surface area (Å²) in [5.74, 6) is 1.98. The van der Waals surface area contributed by atoms with E-state index in [1.165, 1.54) is 11.9 Å². The summed E-state index contributed by atoms with van der Waals surface area (Å²) in [6.45, 7) is 4.30. The Morgan fingerprint density at radius 2 is 1.79 bits per heavy atom. The molecule has 0 bridgehead atoms. The largest absolute Gasteiger partial charge is 0.495 e. The first-order valence-electron chi connectivity index (χ1n) is 12.2. The fourth-order valence-corrected chi connectivity index (χ4v) is 4.57. The highest BCUT2D eigenvalue weighted by Gasteiger charge is 2.34. The quantitative estimate of drug-likeness (QED) is 0.339. The molecular weight excluding hydrogens is 482 g/mol. The van der Waals surface area contributed by atoms with Crippen LogP contribution in [-0.4, -0.2) is 34.9 Å². The minimum atomic E-state index is -0.553. The van der Waals surface area contributed by atoms with Crippen LogP contribution in [0.2, 0.25) is 0 Å². The van der Waals surface area contributed by atoms with E-state index < -0.39 is 6.04 Å². The zero-order valence-corrected chi connectivity index (χ0v) is 21.7. The van der Waals surface area contributed by atoms with Gasteiger partial charge in [-0.05, 0) is 49.2 Å². The van der Waals surface area contributed by atoms with Crippen LogP contribution in [0.25, 0.3) is 0 Å². The van der Waals surface area contributed by atoms with Gasteiger partial charge in [0.25, 0.3) is 5.91 Å². The molecule has 9 nitrogen and oxygen atoms in total. The van der Waals surface area contributed by atoms with E-state index in [-0.39, 0.29) is 5.91 Å². The summed E-state index contributed by atoms with van der Waals surface area (Å²) in [5.41, 5.74) is 4.76. The second-order valence-corrected chi connectivity index (χ2v) is 8.94. The van der Waals surface area contributed by atoms with Crippen molar-refractivity contribution in [3.63, 3.8) is 0 Å². The molecule has 0 radical (unpaired) electrons.